The second-order valence-electron chi connectivity index (χ2n) is 7.68. The Balaban J connectivity index is 1.42. The second kappa shape index (κ2) is 11.1. The van der Waals surface area contributed by atoms with Gasteiger partial charge in [0.25, 0.3) is 0 Å². The number of nitrogens with zero attached hydrogens (tertiary/aromatic N) is 4. The van der Waals surface area contributed by atoms with Gasteiger partial charge in [0.1, 0.15) is 24.0 Å². The average Bonchev–Trinajstić information content (AvgIpc) is 2.85. The predicted octanol–water partition coefficient (Wildman–Crippen LogP) is 4.54. The molecular weight excluding hydrogens is 484 g/mol. The van der Waals surface area contributed by atoms with Crippen molar-refractivity contribution in [1.29, 1.82) is 0 Å². The number of anilines is 3. The number of alkyl halides is 3. The molecule has 3 aromatic rings. The molecule has 0 spiro atoms. The van der Waals surface area contributed by atoms with Gasteiger partial charge in [-0.15, -0.1) is 0 Å². The van der Waals surface area contributed by atoms with Crippen molar-refractivity contribution < 1.29 is 22.3 Å². The molecule has 0 amide bonds. The normalized spacial score (nSPS) is 14.7. The standard InChI is InChI=1S/C23H24F4N6OS/c24-16-1-3-17(4-2-16)29-21-15-20(23(25,26)27)30-22(31-21)32-10-12-33(13-11-32)35-19-7-5-18(6-8-19)34-14-9-28/h1-8,15H,9-14,28H2,(H,29,30,31). The van der Waals surface area contributed by atoms with Gasteiger partial charge in [0.05, 0.1) is 0 Å². The van der Waals surface area contributed by atoms with Crippen molar-refractivity contribution >= 4 is 29.4 Å². The largest absolute Gasteiger partial charge is 0.492 e. The van der Waals surface area contributed by atoms with Crippen LogP contribution in [0, 0.1) is 5.82 Å². The third-order valence-electron chi connectivity index (χ3n) is 5.09. The number of nitrogens with one attached hydrogen (secondary N) is 1. The summed E-state index contributed by atoms with van der Waals surface area (Å²) in [5, 5.41) is 2.81. The molecule has 2 aromatic carbocycles. The molecule has 0 radical (unpaired) electrons. The first kappa shape index (κ1) is 25.0. The smallest absolute Gasteiger partial charge is 0.433 e. The predicted molar refractivity (Wildman–Crippen MR) is 127 cm³/mol. The van der Waals surface area contributed by atoms with E-state index in [-0.39, 0.29) is 11.8 Å². The lowest BCUT2D eigenvalue weighted by molar-refractivity contribution is -0.141. The molecule has 1 aromatic heterocycles. The first-order chi connectivity index (χ1) is 16.8. The van der Waals surface area contributed by atoms with Crippen LogP contribution in [-0.2, 0) is 6.18 Å². The molecule has 1 fully saturated rings. The Hall–Kier alpha value is -3.09. The highest BCUT2D eigenvalue weighted by atomic mass is 32.2. The topological polar surface area (TPSA) is 79.5 Å². The number of piperazine rings is 1. The molecule has 3 N–H and O–H groups in total. The highest BCUT2D eigenvalue weighted by Gasteiger charge is 2.34. The van der Waals surface area contributed by atoms with Crippen LogP contribution in [0.15, 0.2) is 59.5 Å². The number of hydrogen-bond donors (Lipinski definition) is 2. The molecule has 0 atom stereocenters. The van der Waals surface area contributed by atoms with Gasteiger partial charge >= 0.3 is 6.18 Å². The first-order valence-corrected chi connectivity index (χ1v) is 11.7. The fourth-order valence-electron chi connectivity index (χ4n) is 3.37. The van der Waals surface area contributed by atoms with E-state index in [2.05, 4.69) is 19.6 Å². The van der Waals surface area contributed by atoms with Crippen molar-refractivity contribution in [1.82, 2.24) is 14.3 Å². The maximum atomic E-state index is 13.5. The quantitative estimate of drug-likeness (QED) is 0.339. The zero-order valence-corrected chi connectivity index (χ0v) is 19.4. The number of rotatable bonds is 8. The third-order valence-corrected chi connectivity index (χ3v) is 6.19. The highest BCUT2D eigenvalue weighted by Crippen LogP contribution is 2.32. The van der Waals surface area contributed by atoms with Crippen LogP contribution in [0.2, 0.25) is 0 Å². The number of ether oxygens (including phenoxy) is 1. The van der Waals surface area contributed by atoms with Crippen molar-refractivity contribution in [2.75, 3.05) is 49.5 Å². The van der Waals surface area contributed by atoms with Gasteiger partial charge < -0.3 is 20.7 Å². The summed E-state index contributed by atoms with van der Waals surface area (Å²) in [5.41, 5.74) is 4.82. The van der Waals surface area contributed by atoms with E-state index in [0.717, 1.165) is 16.7 Å². The van der Waals surface area contributed by atoms with Gasteiger partial charge in [0.15, 0.2) is 5.69 Å². The lowest BCUT2D eigenvalue weighted by Gasteiger charge is -2.34. The van der Waals surface area contributed by atoms with E-state index >= 15 is 0 Å². The fourth-order valence-corrected chi connectivity index (χ4v) is 4.27. The van der Waals surface area contributed by atoms with Gasteiger partial charge in [-0.25, -0.2) is 13.7 Å². The Bertz CT molecular complexity index is 1110. The van der Waals surface area contributed by atoms with Gasteiger partial charge in [0.2, 0.25) is 5.95 Å². The molecule has 1 aliphatic rings. The van der Waals surface area contributed by atoms with E-state index in [9.17, 15) is 17.6 Å². The molecule has 35 heavy (non-hydrogen) atoms. The minimum absolute atomic E-state index is 0.00417. The van der Waals surface area contributed by atoms with Crippen LogP contribution in [0.25, 0.3) is 0 Å². The molecule has 7 nitrogen and oxygen atoms in total. The Kier molecular flexibility index (Phi) is 7.93. The maximum Gasteiger partial charge on any atom is 0.433 e. The summed E-state index contributed by atoms with van der Waals surface area (Å²) in [5.74, 6) is 0.288. The molecule has 1 saturated heterocycles. The number of benzene rings is 2. The van der Waals surface area contributed by atoms with Gasteiger partial charge in [-0.05, 0) is 60.5 Å². The van der Waals surface area contributed by atoms with Crippen molar-refractivity contribution in [3.05, 3.63) is 66.1 Å². The van der Waals surface area contributed by atoms with Gasteiger partial charge in [-0.1, -0.05) is 0 Å². The van der Waals surface area contributed by atoms with Crippen LogP contribution >= 0.6 is 11.9 Å². The van der Waals surface area contributed by atoms with E-state index in [1.807, 2.05) is 24.3 Å². The van der Waals surface area contributed by atoms with Crippen LogP contribution in [0.4, 0.5) is 35.0 Å². The van der Waals surface area contributed by atoms with Gasteiger partial charge in [-0.3, -0.25) is 0 Å². The van der Waals surface area contributed by atoms with Crippen LogP contribution in [0.1, 0.15) is 5.69 Å². The minimum atomic E-state index is -4.63. The van der Waals surface area contributed by atoms with E-state index in [1.165, 1.54) is 24.3 Å². The molecule has 186 valence electrons. The zero-order valence-electron chi connectivity index (χ0n) is 18.6. The second-order valence-corrected chi connectivity index (χ2v) is 8.85. The van der Waals surface area contributed by atoms with E-state index in [4.69, 9.17) is 10.5 Å². The Morgan fingerprint density at radius 2 is 1.66 bits per heavy atom. The van der Waals surface area contributed by atoms with E-state index in [1.54, 1.807) is 16.8 Å². The molecule has 2 heterocycles. The Morgan fingerprint density at radius 1 is 0.971 bits per heavy atom. The Morgan fingerprint density at radius 3 is 2.29 bits per heavy atom. The first-order valence-electron chi connectivity index (χ1n) is 10.9. The molecular formula is C23H24F4N6OS. The maximum absolute atomic E-state index is 13.5. The van der Waals surface area contributed by atoms with Gasteiger partial charge in [0, 0.05) is 49.4 Å². The molecule has 1 aliphatic heterocycles. The molecule has 0 unspecified atom stereocenters. The zero-order chi connectivity index (χ0) is 24.8. The summed E-state index contributed by atoms with van der Waals surface area (Å²) in [4.78, 5) is 10.8. The third kappa shape index (κ3) is 6.96. The van der Waals surface area contributed by atoms with Crippen LogP contribution in [0.5, 0.6) is 5.75 Å². The SMILES string of the molecule is NCCOc1ccc(SN2CCN(c3nc(Nc4ccc(F)cc4)cc(C(F)(F)F)n3)CC2)cc1. The molecule has 0 saturated carbocycles. The molecule has 0 bridgehead atoms. The number of hydrogen-bond acceptors (Lipinski definition) is 8. The summed E-state index contributed by atoms with van der Waals surface area (Å²) in [7, 11) is 0. The monoisotopic (exact) mass is 508 g/mol. The Labute approximate surface area is 204 Å². The number of aromatic nitrogens is 2. The molecule has 12 heteroatoms. The van der Waals surface area contributed by atoms with Gasteiger partial charge in [-0.2, -0.15) is 18.2 Å². The van der Waals surface area contributed by atoms with E-state index in [0.29, 0.717) is 45.0 Å². The van der Waals surface area contributed by atoms with E-state index < -0.39 is 17.7 Å². The number of halogens is 4. The minimum Gasteiger partial charge on any atom is -0.492 e. The van der Waals surface area contributed by atoms with Crippen molar-refractivity contribution in [2.45, 2.75) is 11.1 Å². The lowest BCUT2D eigenvalue weighted by atomic mass is 10.3. The number of nitrogens with two attached hydrogens (primary N) is 1. The van der Waals surface area contributed by atoms with Crippen molar-refractivity contribution in [3.63, 3.8) is 0 Å². The molecule has 0 aliphatic carbocycles. The van der Waals surface area contributed by atoms with Crippen LogP contribution in [-0.4, -0.2) is 53.6 Å². The van der Waals surface area contributed by atoms with Crippen molar-refractivity contribution in [3.8, 4) is 5.75 Å². The fraction of sp³-hybridized carbons (Fsp3) is 0.304. The average molecular weight is 509 g/mol. The van der Waals surface area contributed by atoms with Crippen LogP contribution in [0.3, 0.4) is 0 Å². The summed E-state index contributed by atoms with van der Waals surface area (Å²) in [6.45, 7) is 3.03. The lowest BCUT2D eigenvalue weighted by Crippen LogP contribution is -2.44. The van der Waals surface area contributed by atoms with Crippen molar-refractivity contribution in [2.24, 2.45) is 5.73 Å². The summed E-state index contributed by atoms with van der Waals surface area (Å²) in [6.07, 6.45) is -4.63. The highest BCUT2D eigenvalue weighted by molar-refractivity contribution is 7.97. The van der Waals surface area contributed by atoms with Crippen LogP contribution < -0.4 is 20.7 Å². The molecule has 4 rings (SSSR count). The summed E-state index contributed by atoms with van der Waals surface area (Å²) >= 11 is 1.57. The summed E-state index contributed by atoms with van der Waals surface area (Å²) < 4.78 is 61.3. The summed E-state index contributed by atoms with van der Waals surface area (Å²) in [6, 6.07) is 13.8.